The maximum Gasteiger partial charge on any atom is 0.237 e. The molecule has 0 radical (unpaired) electrons. The maximum atomic E-state index is 12.5. The predicted molar refractivity (Wildman–Crippen MR) is 84.0 cm³/mol. The Balaban J connectivity index is 2.21. The molecule has 104 valence electrons. The number of nitrogens with zero attached hydrogens (tertiary/aromatic N) is 2. The number of hydrogen-bond acceptors (Lipinski definition) is 3. The summed E-state index contributed by atoms with van der Waals surface area (Å²) in [6.07, 6.45) is 1.33. The first kappa shape index (κ1) is 15.0. The summed E-state index contributed by atoms with van der Waals surface area (Å²) in [4.78, 5) is 26.2. The van der Waals surface area contributed by atoms with E-state index in [1.165, 1.54) is 0 Å². The van der Waals surface area contributed by atoms with Crippen LogP contribution in [-0.4, -0.2) is 18.2 Å². The second kappa shape index (κ2) is 6.35. The first-order valence-corrected chi connectivity index (χ1v) is 7.62. The lowest BCUT2D eigenvalue weighted by Gasteiger charge is -2.32. The predicted octanol–water partition coefficient (Wildman–Crippen LogP) is 2.76. The Bertz CT molecular complexity index is 562. The van der Waals surface area contributed by atoms with Crippen molar-refractivity contribution in [3.63, 3.8) is 0 Å². The minimum absolute atomic E-state index is 0.176. The van der Waals surface area contributed by atoms with Crippen molar-refractivity contribution in [1.82, 2.24) is 0 Å². The number of benzene rings is 1. The molecule has 1 aliphatic heterocycles. The van der Waals surface area contributed by atoms with E-state index < -0.39 is 11.8 Å². The first-order valence-electron chi connectivity index (χ1n) is 6.55. The van der Waals surface area contributed by atoms with Gasteiger partial charge in [-0.2, -0.15) is 5.26 Å². The van der Waals surface area contributed by atoms with Gasteiger partial charge in [-0.05, 0) is 66.6 Å². The van der Waals surface area contributed by atoms with Crippen LogP contribution in [0.15, 0.2) is 24.3 Å². The highest BCUT2D eigenvalue weighted by atomic mass is 127. The summed E-state index contributed by atoms with van der Waals surface area (Å²) in [7, 11) is 0. The average Bonchev–Trinajstić information content (AvgIpc) is 2.47. The molecular formula is C15H15IN2O2. The minimum atomic E-state index is -0.722. The van der Waals surface area contributed by atoms with E-state index in [-0.39, 0.29) is 11.7 Å². The number of anilines is 1. The number of halogens is 1. The van der Waals surface area contributed by atoms with E-state index in [1.807, 2.05) is 30.3 Å². The number of piperidine rings is 1. The van der Waals surface area contributed by atoms with Gasteiger partial charge in [0.25, 0.3) is 0 Å². The van der Waals surface area contributed by atoms with E-state index in [9.17, 15) is 9.59 Å². The fourth-order valence-corrected chi connectivity index (χ4v) is 2.74. The Kier molecular flexibility index (Phi) is 4.76. The number of rotatable bonds is 3. The lowest BCUT2D eigenvalue weighted by Crippen LogP contribution is -2.45. The molecule has 0 spiro atoms. The Morgan fingerprint density at radius 1 is 1.45 bits per heavy atom. The van der Waals surface area contributed by atoms with Crippen molar-refractivity contribution in [2.24, 2.45) is 11.8 Å². The van der Waals surface area contributed by atoms with Crippen LogP contribution < -0.4 is 4.90 Å². The lowest BCUT2D eigenvalue weighted by atomic mass is 9.87. The van der Waals surface area contributed by atoms with Gasteiger partial charge in [-0.1, -0.05) is 0 Å². The minimum Gasteiger partial charge on any atom is -0.312 e. The van der Waals surface area contributed by atoms with E-state index in [4.69, 9.17) is 5.26 Å². The number of amides is 1. The molecule has 1 aliphatic rings. The summed E-state index contributed by atoms with van der Waals surface area (Å²) in [5, 5.41) is 8.84. The fraction of sp³-hybridized carbons (Fsp3) is 0.400. The monoisotopic (exact) mass is 382 g/mol. The molecule has 1 saturated heterocycles. The highest BCUT2D eigenvalue weighted by Gasteiger charge is 2.36. The number of Topliss-reactive ketones (excluding diaryl/α,β-unsaturated/α-hetero) is 1. The summed E-state index contributed by atoms with van der Waals surface area (Å²) in [6, 6.07) is 9.58. The molecule has 1 aromatic carbocycles. The molecule has 0 aliphatic carbocycles. The SMILES string of the molecule is CC(C#N)C(=O)C1CCCN(c2ccc(I)cc2)C1=O. The number of carbonyl (C=O) groups is 2. The molecule has 5 heteroatoms. The van der Waals surface area contributed by atoms with E-state index in [0.29, 0.717) is 13.0 Å². The van der Waals surface area contributed by atoms with Crippen LogP contribution in [0.2, 0.25) is 0 Å². The molecule has 0 bridgehead atoms. The van der Waals surface area contributed by atoms with E-state index in [2.05, 4.69) is 22.6 Å². The van der Waals surface area contributed by atoms with Gasteiger partial charge in [0.05, 0.1) is 12.0 Å². The van der Waals surface area contributed by atoms with Gasteiger partial charge in [-0.25, -0.2) is 0 Å². The fourth-order valence-electron chi connectivity index (χ4n) is 2.38. The highest BCUT2D eigenvalue weighted by molar-refractivity contribution is 14.1. The van der Waals surface area contributed by atoms with E-state index >= 15 is 0 Å². The third kappa shape index (κ3) is 3.01. The Morgan fingerprint density at radius 3 is 2.70 bits per heavy atom. The second-order valence-corrected chi connectivity index (χ2v) is 6.16. The van der Waals surface area contributed by atoms with Crippen LogP contribution in [0, 0.1) is 26.7 Å². The van der Waals surface area contributed by atoms with Crippen molar-refractivity contribution in [2.75, 3.05) is 11.4 Å². The molecule has 4 nitrogen and oxygen atoms in total. The van der Waals surface area contributed by atoms with Gasteiger partial charge in [-0.3, -0.25) is 9.59 Å². The van der Waals surface area contributed by atoms with Gasteiger partial charge >= 0.3 is 0 Å². The smallest absolute Gasteiger partial charge is 0.237 e. The summed E-state index contributed by atoms with van der Waals surface area (Å²) in [6.45, 7) is 2.18. The van der Waals surface area contributed by atoms with Crippen molar-refractivity contribution < 1.29 is 9.59 Å². The van der Waals surface area contributed by atoms with E-state index in [0.717, 1.165) is 15.7 Å². The van der Waals surface area contributed by atoms with Crippen molar-refractivity contribution in [2.45, 2.75) is 19.8 Å². The molecule has 1 heterocycles. The number of carbonyl (C=O) groups excluding carboxylic acids is 2. The summed E-state index contributed by atoms with van der Waals surface area (Å²) >= 11 is 2.21. The molecule has 20 heavy (non-hydrogen) atoms. The van der Waals surface area contributed by atoms with Crippen LogP contribution in [0.25, 0.3) is 0 Å². The van der Waals surface area contributed by atoms with Crippen molar-refractivity contribution in [3.05, 3.63) is 27.8 Å². The van der Waals surface area contributed by atoms with Crippen LogP contribution >= 0.6 is 22.6 Å². The Labute approximate surface area is 131 Å². The molecule has 2 unspecified atom stereocenters. The molecule has 1 amide bonds. The zero-order chi connectivity index (χ0) is 14.7. The number of hydrogen-bond donors (Lipinski definition) is 0. The quantitative estimate of drug-likeness (QED) is 0.597. The average molecular weight is 382 g/mol. The van der Waals surface area contributed by atoms with Gasteiger partial charge in [-0.15, -0.1) is 0 Å². The van der Waals surface area contributed by atoms with Crippen molar-refractivity contribution in [1.29, 1.82) is 5.26 Å². The van der Waals surface area contributed by atoms with Gasteiger partial charge in [0.15, 0.2) is 5.78 Å². The highest BCUT2D eigenvalue weighted by Crippen LogP contribution is 2.27. The number of nitriles is 1. The van der Waals surface area contributed by atoms with Crippen molar-refractivity contribution in [3.8, 4) is 6.07 Å². The molecule has 1 aromatic rings. The summed E-state index contributed by atoms with van der Waals surface area (Å²) in [5.74, 6) is -1.82. The van der Waals surface area contributed by atoms with Crippen LogP contribution in [0.4, 0.5) is 5.69 Å². The molecule has 2 atom stereocenters. The Morgan fingerprint density at radius 2 is 2.10 bits per heavy atom. The molecule has 2 rings (SSSR count). The zero-order valence-corrected chi connectivity index (χ0v) is 13.3. The first-order chi connectivity index (χ1) is 9.54. The number of ketones is 1. The van der Waals surface area contributed by atoms with Crippen LogP contribution in [0.5, 0.6) is 0 Å². The van der Waals surface area contributed by atoms with Gasteiger partial charge in [0, 0.05) is 15.8 Å². The van der Waals surface area contributed by atoms with Gasteiger partial charge < -0.3 is 4.90 Å². The summed E-state index contributed by atoms with van der Waals surface area (Å²) < 4.78 is 1.10. The molecule has 0 saturated carbocycles. The van der Waals surface area contributed by atoms with Gasteiger partial charge in [0.2, 0.25) is 5.91 Å². The third-order valence-corrected chi connectivity index (χ3v) is 4.26. The third-order valence-electron chi connectivity index (χ3n) is 3.54. The molecule has 0 N–H and O–H groups in total. The van der Waals surface area contributed by atoms with Crippen LogP contribution in [-0.2, 0) is 9.59 Å². The molecule has 1 fully saturated rings. The summed E-state index contributed by atoms with van der Waals surface area (Å²) in [5.41, 5.74) is 0.817. The zero-order valence-electron chi connectivity index (χ0n) is 11.2. The molecule has 0 aromatic heterocycles. The van der Waals surface area contributed by atoms with E-state index in [1.54, 1.807) is 11.8 Å². The topological polar surface area (TPSA) is 61.2 Å². The van der Waals surface area contributed by atoms with Gasteiger partial charge in [0.1, 0.15) is 5.92 Å². The largest absolute Gasteiger partial charge is 0.312 e. The van der Waals surface area contributed by atoms with Crippen LogP contribution in [0.1, 0.15) is 19.8 Å². The maximum absolute atomic E-state index is 12.5. The normalized spacial score (nSPS) is 20.4. The standard InChI is InChI=1S/C15H15IN2O2/c1-10(9-17)14(19)13-3-2-8-18(15(13)20)12-6-4-11(16)5-7-12/h4-7,10,13H,2-3,8H2,1H3. The molecular weight excluding hydrogens is 367 g/mol. The lowest BCUT2D eigenvalue weighted by molar-refractivity contribution is -0.135. The van der Waals surface area contributed by atoms with Crippen LogP contribution in [0.3, 0.4) is 0 Å². The van der Waals surface area contributed by atoms with Crippen molar-refractivity contribution >= 4 is 40.0 Å². The Hall–Kier alpha value is -1.42. The second-order valence-electron chi connectivity index (χ2n) is 4.91.